The molecule has 0 saturated carbocycles. The zero-order chi connectivity index (χ0) is 12.7. The highest BCUT2D eigenvalue weighted by Gasteiger charge is 2.08. The highest BCUT2D eigenvalue weighted by molar-refractivity contribution is 6.30. The summed E-state index contributed by atoms with van der Waals surface area (Å²) in [7, 11) is 0. The van der Waals surface area contributed by atoms with Gasteiger partial charge < -0.3 is 10.2 Å². The molecule has 1 N–H and O–H groups in total. The topological polar surface area (TPSA) is 15.3 Å². The number of hydrogen-bond acceptors (Lipinski definition) is 2. The summed E-state index contributed by atoms with van der Waals surface area (Å²) < 4.78 is 0. The predicted octanol–water partition coefficient (Wildman–Crippen LogP) is 3.69. The van der Waals surface area contributed by atoms with Gasteiger partial charge in [0.05, 0.1) is 0 Å². The first-order chi connectivity index (χ1) is 8.22. The van der Waals surface area contributed by atoms with Crippen molar-refractivity contribution in [2.45, 2.75) is 33.7 Å². The Kier molecular flexibility index (Phi) is 6.38. The van der Waals surface area contributed by atoms with Crippen LogP contribution in [-0.4, -0.2) is 19.6 Å². The van der Waals surface area contributed by atoms with E-state index in [1.54, 1.807) is 0 Å². The van der Waals surface area contributed by atoms with Gasteiger partial charge in [-0.2, -0.15) is 0 Å². The van der Waals surface area contributed by atoms with Gasteiger partial charge in [-0.15, -0.1) is 0 Å². The first-order valence-electron chi connectivity index (χ1n) is 6.47. The molecule has 0 aliphatic heterocycles. The van der Waals surface area contributed by atoms with Crippen LogP contribution in [0.15, 0.2) is 18.2 Å². The maximum Gasteiger partial charge on any atom is 0.0426 e. The van der Waals surface area contributed by atoms with E-state index >= 15 is 0 Å². The Morgan fingerprint density at radius 3 is 2.47 bits per heavy atom. The van der Waals surface area contributed by atoms with Gasteiger partial charge in [0.2, 0.25) is 0 Å². The highest BCUT2D eigenvalue weighted by atomic mass is 35.5. The monoisotopic (exact) mass is 254 g/mol. The zero-order valence-electron chi connectivity index (χ0n) is 11.1. The van der Waals surface area contributed by atoms with Gasteiger partial charge in [0.15, 0.2) is 0 Å². The third kappa shape index (κ3) is 4.21. The molecule has 96 valence electrons. The lowest BCUT2D eigenvalue weighted by Crippen LogP contribution is -2.24. The fourth-order valence-electron chi connectivity index (χ4n) is 1.94. The maximum absolute atomic E-state index is 6.09. The van der Waals surface area contributed by atoms with E-state index in [0.29, 0.717) is 0 Å². The molecule has 0 spiro atoms. The van der Waals surface area contributed by atoms with Crippen molar-refractivity contribution in [3.8, 4) is 0 Å². The molecule has 0 unspecified atom stereocenters. The third-order valence-corrected chi connectivity index (χ3v) is 3.13. The molecule has 1 aromatic rings. The minimum absolute atomic E-state index is 0.811. The molecule has 1 aromatic carbocycles. The normalized spacial score (nSPS) is 10.6. The van der Waals surface area contributed by atoms with E-state index in [2.05, 4.69) is 43.1 Å². The van der Waals surface area contributed by atoms with Crippen molar-refractivity contribution in [2.24, 2.45) is 0 Å². The van der Waals surface area contributed by atoms with Crippen LogP contribution < -0.4 is 10.2 Å². The predicted molar refractivity (Wildman–Crippen MR) is 77.0 cm³/mol. The Morgan fingerprint density at radius 1 is 1.18 bits per heavy atom. The molecular weight excluding hydrogens is 232 g/mol. The highest BCUT2D eigenvalue weighted by Crippen LogP contribution is 2.24. The first kappa shape index (κ1) is 14.3. The molecule has 0 radical (unpaired) electrons. The van der Waals surface area contributed by atoms with Gasteiger partial charge in [0.1, 0.15) is 0 Å². The van der Waals surface area contributed by atoms with Gasteiger partial charge in [0, 0.05) is 30.3 Å². The standard InChI is InChI=1S/C14H23ClN2/c1-4-9-16-11-12-7-8-13(15)10-14(12)17(5-2)6-3/h7-8,10,16H,4-6,9,11H2,1-3H3. The second kappa shape index (κ2) is 7.57. The fraction of sp³-hybridized carbons (Fsp3) is 0.571. The van der Waals surface area contributed by atoms with Crippen LogP contribution in [0, 0.1) is 0 Å². The fourth-order valence-corrected chi connectivity index (χ4v) is 2.11. The molecular formula is C14H23ClN2. The van der Waals surface area contributed by atoms with Crippen LogP contribution >= 0.6 is 11.6 Å². The number of nitrogens with zero attached hydrogens (tertiary/aromatic N) is 1. The summed E-state index contributed by atoms with van der Waals surface area (Å²) in [6, 6.07) is 6.16. The van der Waals surface area contributed by atoms with Gasteiger partial charge in [0.25, 0.3) is 0 Å². The molecule has 0 atom stereocenters. The van der Waals surface area contributed by atoms with E-state index in [1.165, 1.54) is 11.3 Å². The largest absolute Gasteiger partial charge is 0.372 e. The lowest BCUT2D eigenvalue weighted by Gasteiger charge is -2.24. The summed E-state index contributed by atoms with van der Waals surface area (Å²) in [5.74, 6) is 0. The maximum atomic E-state index is 6.09. The number of anilines is 1. The van der Waals surface area contributed by atoms with Crippen molar-refractivity contribution in [3.05, 3.63) is 28.8 Å². The smallest absolute Gasteiger partial charge is 0.0426 e. The molecule has 0 bridgehead atoms. The van der Waals surface area contributed by atoms with Crippen molar-refractivity contribution < 1.29 is 0 Å². The SMILES string of the molecule is CCCNCc1ccc(Cl)cc1N(CC)CC. The van der Waals surface area contributed by atoms with E-state index in [0.717, 1.165) is 37.6 Å². The van der Waals surface area contributed by atoms with Crippen LogP contribution in [0.5, 0.6) is 0 Å². The van der Waals surface area contributed by atoms with Crippen LogP contribution in [0.4, 0.5) is 5.69 Å². The number of halogens is 1. The van der Waals surface area contributed by atoms with E-state index in [4.69, 9.17) is 11.6 Å². The Bertz CT molecular complexity index is 335. The van der Waals surface area contributed by atoms with Crippen LogP contribution in [0.25, 0.3) is 0 Å². The quantitative estimate of drug-likeness (QED) is 0.747. The van der Waals surface area contributed by atoms with Crippen LogP contribution in [0.1, 0.15) is 32.8 Å². The van der Waals surface area contributed by atoms with Gasteiger partial charge in [-0.05, 0) is 44.5 Å². The van der Waals surface area contributed by atoms with Crippen LogP contribution in [0.2, 0.25) is 5.02 Å². The lowest BCUT2D eigenvalue weighted by molar-refractivity contribution is 0.673. The van der Waals surface area contributed by atoms with E-state index in [-0.39, 0.29) is 0 Å². The molecule has 0 aliphatic carbocycles. The van der Waals surface area contributed by atoms with Crippen LogP contribution in [-0.2, 0) is 6.54 Å². The number of nitrogens with one attached hydrogen (secondary N) is 1. The summed E-state index contributed by atoms with van der Waals surface area (Å²) in [6.07, 6.45) is 1.16. The molecule has 0 aromatic heterocycles. The Labute approximate surface area is 110 Å². The van der Waals surface area contributed by atoms with Gasteiger partial charge >= 0.3 is 0 Å². The molecule has 0 heterocycles. The summed E-state index contributed by atoms with van der Waals surface area (Å²) in [5.41, 5.74) is 2.58. The number of rotatable bonds is 7. The van der Waals surface area contributed by atoms with E-state index in [1.807, 2.05) is 6.07 Å². The average Bonchev–Trinajstić information content (AvgIpc) is 2.33. The molecule has 0 aliphatic rings. The van der Waals surface area contributed by atoms with Crippen LogP contribution in [0.3, 0.4) is 0 Å². The minimum atomic E-state index is 0.811. The van der Waals surface area contributed by atoms with Crippen molar-refractivity contribution in [1.29, 1.82) is 0 Å². The Balaban J connectivity index is 2.86. The molecule has 0 saturated heterocycles. The van der Waals surface area contributed by atoms with Gasteiger partial charge in [-0.1, -0.05) is 24.6 Å². The van der Waals surface area contributed by atoms with Crippen molar-refractivity contribution in [2.75, 3.05) is 24.5 Å². The molecule has 1 rings (SSSR count). The summed E-state index contributed by atoms with van der Waals surface area (Å²) in [5, 5.41) is 4.26. The average molecular weight is 255 g/mol. The molecule has 2 nitrogen and oxygen atoms in total. The van der Waals surface area contributed by atoms with Crippen molar-refractivity contribution in [3.63, 3.8) is 0 Å². The second-order valence-corrected chi connectivity index (χ2v) is 4.56. The summed E-state index contributed by atoms with van der Waals surface area (Å²) >= 11 is 6.09. The van der Waals surface area contributed by atoms with E-state index < -0.39 is 0 Å². The lowest BCUT2D eigenvalue weighted by atomic mass is 10.1. The summed E-state index contributed by atoms with van der Waals surface area (Å²) in [6.45, 7) is 10.5. The molecule has 0 fully saturated rings. The Hall–Kier alpha value is -0.730. The van der Waals surface area contributed by atoms with E-state index in [9.17, 15) is 0 Å². The summed E-state index contributed by atoms with van der Waals surface area (Å²) in [4.78, 5) is 2.34. The minimum Gasteiger partial charge on any atom is -0.372 e. The third-order valence-electron chi connectivity index (χ3n) is 2.89. The Morgan fingerprint density at radius 2 is 1.88 bits per heavy atom. The zero-order valence-corrected chi connectivity index (χ0v) is 11.8. The van der Waals surface area contributed by atoms with Gasteiger partial charge in [-0.25, -0.2) is 0 Å². The second-order valence-electron chi connectivity index (χ2n) is 4.12. The number of benzene rings is 1. The molecule has 17 heavy (non-hydrogen) atoms. The van der Waals surface area contributed by atoms with Crippen molar-refractivity contribution in [1.82, 2.24) is 5.32 Å². The first-order valence-corrected chi connectivity index (χ1v) is 6.84. The number of hydrogen-bond donors (Lipinski definition) is 1. The van der Waals surface area contributed by atoms with Crippen molar-refractivity contribution >= 4 is 17.3 Å². The molecule has 0 amide bonds. The molecule has 3 heteroatoms. The van der Waals surface area contributed by atoms with Gasteiger partial charge in [-0.3, -0.25) is 0 Å².